The summed E-state index contributed by atoms with van der Waals surface area (Å²) in [5, 5.41) is 13.8. The lowest BCUT2D eigenvalue weighted by Gasteiger charge is -1.98. The lowest BCUT2D eigenvalue weighted by Crippen LogP contribution is -1.90. The Morgan fingerprint density at radius 1 is 1.22 bits per heavy atom. The first-order valence-electron chi connectivity index (χ1n) is 5.47. The number of pyridine rings is 1. The number of methoxy groups -OCH3 is 1. The molecule has 5 heteroatoms. The zero-order valence-corrected chi connectivity index (χ0v) is 9.74. The number of nitrogens with zero attached hydrogens (tertiary/aromatic N) is 3. The minimum atomic E-state index is 0.193. The van der Waals surface area contributed by atoms with Gasteiger partial charge in [0.1, 0.15) is 5.75 Å². The molecule has 0 radical (unpaired) electrons. The summed E-state index contributed by atoms with van der Waals surface area (Å²) in [5.41, 5.74) is 1.42. The zero-order valence-electron chi connectivity index (χ0n) is 9.74. The summed E-state index contributed by atoms with van der Waals surface area (Å²) in [6.45, 7) is 0. The molecule has 0 bridgehead atoms. The fourth-order valence-corrected chi connectivity index (χ4v) is 1.81. The average molecular weight is 241 g/mol. The van der Waals surface area contributed by atoms with Crippen LogP contribution in [0.4, 0.5) is 0 Å². The Morgan fingerprint density at radius 2 is 2.11 bits per heavy atom. The van der Waals surface area contributed by atoms with Gasteiger partial charge < -0.3 is 9.84 Å². The summed E-state index contributed by atoms with van der Waals surface area (Å²) in [6.07, 6.45) is 1.80. The van der Waals surface area contributed by atoms with Crippen LogP contribution in [0, 0.1) is 0 Å². The Hall–Kier alpha value is -2.56. The Labute approximate surface area is 103 Å². The van der Waals surface area contributed by atoms with Crippen molar-refractivity contribution in [1.29, 1.82) is 0 Å². The van der Waals surface area contributed by atoms with Gasteiger partial charge in [-0.15, -0.1) is 5.10 Å². The van der Waals surface area contributed by atoms with Gasteiger partial charge in [0.05, 0.1) is 7.11 Å². The normalized spacial score (nSPS) is 10.7. The number of hydrogen-bond donors (Lipinski definition) is 1. The molecule has 0 spiro atoms. The molecule has 0 amide bonds. The van der Waals surface area contributed by atoms with E-state index in [4.69, 9.17) is 4.74 Å². The van der Waals surface area contributed by atoms with Crippen LogP contribution in [0.25, 0.3) is 17.0 Å². The van der Waals surface area contributed by atoms with E-state index in [2.05, 4.69) is 10.1 Å². The highest BCUT2D eigenvalue weighted by Crippen LogP contribution is 2.23. The van der Waals surface area contributed by atoms with Gasteiger partial charge in [-0.05, 0) is 24.3 Å². The monoisotopic (exact) mass is 241 g/mol. The third kappa shape index (κ3) is 1.66. The van der Waals surface area contributed by atoms with Crippen LogP contribution >= 0.6 is 0 Å². The summed E-state index contributed by atoms with van der Waals surface area (Å²) in [6, 6.07) is 10.5. The average Bonchev–Trinajstić information content (AvgIpc) is 2.82. The molecule has 2 heterocycles. The molecule has 5 nitrogen and oxygen atoms in total. The van der Waals surface area contributed by atoms with Crippen molar-refractivity contribution in [3.63, 3.8) is 0 Å². The van der Waals surface area contributed by atoms with Crippen molar-refractivity contribution in [2.24, 2.45) is 0 Å². The third-order valence-electron chi connectivity index (χ3n) is 2.65. The van der Waals surface area contributed by atoms with Gasteiger partial charge in [0.25, 0.3) is 0 Å². The molecule has 2 aromatic heterocycles. The Balaban J connectivity index is 2.19. The van der Waals surface area contributed by atoms with Gasteiger partial charge in [-0.2, -0.15) is 0 Å². The van der Waals surface area contributed by atoms with E-state index >= 15 is 0 Å². The summed E-state index contributed by atoms with van der Waals surface area (Å²) in [7, 11) is 1.60. The van der Waals surface area contributed by atoms with E-state index in [-0.39, 0.29) is 5.75 Å². The van der Waals surface area contributed by atoms with E-state index in [1.807, 2.05) is 18.2 Å². The SMILES string of the molecule is COc1cccn2nc(-c3cccc(O)c3)nc12. The molecule has 3 aromatic rings. The second kappa shape index (κ2) is 4.03. The first-order valence-corrected chi connectivity index (χ1v) is 5.47. The summed E-state index contributed by atoms with van der Waals surface area (Å²) >= 11 is 0. The molecule has 0 saturated carbocycles. The molecule has 0 atom stereocenters. The van der Waals surface area contributed by atoms with Crippen molar-refractivity contribution in [2.45, 2.75) is 0 Å². The van der Waals surface area contributed by atoms with Crippen molar-refractivity contribution in [1.82, 2.24) is 14.6 Å². The van der Waals surface area contributed by atoms with Crippen LogP contribution < -0.4 is 4.74 Å². The molecule has 0 aliphatic rings. The first-order chi connectivity index (χ1) is 8.78. The Bertz CT molecular complexity index is 706. The summed E-state index contributed by atoms with van der Waals surface area (Å²) < 4.78 is 6.88. The maximum absolute atomic E-state index is 9.46. The van der Waals surface area contributed by atoms with Crippen molar-refractivity contribution >= 4 is 5.65 Å². The van der Waals surface area contributed by atoms with Crippen LogP contribution in [-0.2, 0) is 0 Å². The highest BCUT2D eigenvalue weighted by molar-refractivity contribution is 5.63. The van der Waals surface area contributed by atoms with Gasteiger partial charge in [-0.1, -0.05) is 12.1 Å². The highest BCUT2D eigenvalue weighted by atomic mass is 16.5. The van der Waals surface area contributed by atoms with Crippen LogP contribution in [0.1, 0.15) is 0 Å². The number of aromatic nitrogens is 3. The van der Waals surface area contributed by atoms with Crippen LogP contribution in [-0.4, -0.2) is 26.8 Å². The number of phenols is 1. The van der Waals surface area contributed by atoms with Crippen LogP contribution in [0.15, 0.2) is 42.6 Å². The van der Waals surface area contributed by atoms with Gasteiger partial charge in [-0.3, -0.25) is 0 Å². The van der Waals surface area contributed by atoms with Gasteiger partial charge in [-0.25, -0.2) is 9.50 Å². The number of benzene rings is 1. The molecular weight excluding hydrogens is 230 g/mol. The quantitative estimate of drug-likeness (QED) is 0.746. The number of phenolic OH excluding ortho intramolecular Hbond substituents is 1. The molecule has 0 unspecified atom stereocenters. The standard InChI is InChI=1S/C13H11N3O2/c1-18-11-6-3-7-16-13(11)14-12(15-16)9-4-2-5-10(17)8-9/h2-8,17H,1H3. The molecule has 0 aliphatic carbocycles. The number of ether oxygens (including phenoxy) is 1. The van der Waals surface area contributed by atoms with E-state index in [1.165, 1.54) is 0 Å². The fraction of sp³-hybridized carbons (Fsp3) is 0.0769. The van der Waals surface area contributed by atoms with E-state index < -0.39 is 0 Å². The Kier molecular flexibility index (Phi) is 2.37. The van der Waals surface area contributed by atoms with Gasteiger partial charge in [0, 0.05) is 11.8 Å². The third-order valence-corrected chi connectivity index (χ3v) is 2.65. The van der Waals surface area contributed by atoms with Crippen molar-refractivity contribution in [3.8, 4) is 22.9 Å². The lowest BCUT2D eigenvalue weighted by atomic mass is 10.2. The van der Waals surface area contributed by atoms with E-state index in [0.717, 1.165) is 5.56 Å². The van der Waals surface area contributed by atoms with E-state index in [9.17, 15) is 5.11 Å². The molecule has 0 aliphatic heterocycles. The molecule has 3 rings (SSSR count). The second-order valence-corrected chi connectivity index (χ2v) is 3.83. The highest BCUT2D eigenvalue weighted by Gasteiger charge is 2.10. The lowest BCUT2D eigenvalue weighted by molar-refractivity contribution is 0.416. The van der Waals surface area contributed by atoms with Crippen LogP contribution in [0.2, 0.25) is 0 Å². The summed E-state index contributed by atoms with van der Waals surface area (Å²) in [4.78, 5) is 4.41. The molecule has 90 valence electrons. The maximum Gasteiger partial charge on any atom is 0.198 e. The summed E-state index contributed by atoms with van der Waals surface area (Å²) in [5.74, 6) is 1.41. The van der Waals surface area contributed by atoms with E-state index in [0.29, 0.717) is 17.2 Å². The molecule has 1 N–H and O–H groups in total. The number of fused-ring (bicyclic) bond motifs is 1. The van der Waals surface area contributed by atoms with Crippen LogP contribution in [0.5, 0.6) is 11.5 Å². The molecule has 1 aromatic carbocycles. The zero-order chi connectivity index (χ0) is 12.5. The van der Waals surface area contributed by atoms with Gasteiger partial charge >= 0.3 is 0 Å². The van der Waals surface area contributed by atoms with Crippen molar-refractivity contribution in [3.05, 3.63) is 42.6 Å². The predicted octanol–water partition coefficient (Wildman–Crippen LogP) is 2.11. The minimum Gasteiger partial charge on any atom is -0.508 e. The topological polar surface area (TPSA) is 59.7 Å². The molecule has 0 fully saturated rings. The number of aromatic hydroxyl groups is 1. The minimum absolute atomic E-state index is 0.193. The Morgan fingerprint density at radius 3 is 2.89 bits per heavy atom. The number of rotatable bonds is 2. The smallest absolute Gasteiger partial charge is 0.198 e. The second-order valence-electron chi connectivity index (χ2n) is 3.83. The molecule has 0 saturated heterocycles. The predicted molar refractivity (Wildman–Crippen MR) is 66.6 cm³/mol. The van der Waals surface area contributed by atoms with Crippen molar-refractivity contribution < 1.29 is 9.84 Å². The van der Waals surface area contributed by atoms with Gasteiger partial charge in [0.2, 0.25) is 0 Å². The van der Waals surface area contributed by atoms with E-state index in [1.54, 1.807) is 36.0 Å². The fourth-order valence-electron chi connectivity index (χ4n) is 1.81. The van der Waals surface area contributed by atoms with Crippen LogP contribution in [0.3, 0.4) is 0 Å². The molecular formula is C13H11N3O2. The first kappa shape index (κ1) is 10.6. The maximum atomic E-state index is 9.46. The van der Waals surface area contributed by atoms with Gasteiger partial charge in [0.15, 0.2) is 17.2 Å². The van der Waals surface area contributed by atoms with Crippen molar-refractivity contribution in [2.75, 3.05) is 7.11 Å². The molecule has 18 heavy (non-hydrogen) atoms. The largest absolute Gasteiger partial charge is 0.508 e. The number of hydrogen-bond acceptors (Lipinski definition) is 4.